The first-order chi connectivity index (χ1) is 11.7. The summed E-state index contributed by atoms with van der Waals surface area (Å²) in [5, 5.41) is 5.68. The average molecular weight is 324 g/mol. The molecule has 1 heterocycles. The van der Waals surface area contributed by atoms with Crippen LogP contribution in [-0.2, 0) is 16.1 Å². The van der Waals surface area contributed by atoms with E-state index < -0.39 is 6.10 Å². The third-order valence-electron chi connectivity index (χ3n) is 3.95. The molecular formula is C19H20N2O3. The molecule has 0 aliphatic carbocycles. The van der Waals surface area contributed by atoms with Crippen molar-refractivity contribution >= 4 is 17.5 Å². The van der Waals surface area contributed by atoms with E-state index >= 15 is 0 Å². The van der Waals surface area contributed by atoms with E-state index in [1.165, 1.54) is 0 Å². The molecule has 0 radical (unpaired) electrons. The third-order valence-corrected chi connectivity index (χ3v) is 3.95. The van der Waals surface area contributed by atoms with Gasteiger partial charge in [0.2, 0.25) is 0 Å². The van der Waals surface area contributed by atoms with Gasteiger partial charge in [-0.25, -0.2) is 0 Å². The quantitative estimate of drug-likeness (QED) is 0.888. The molecule has 0 spiro atoms. The van der Waals surface area contributed by atoms with Gasteiger partial charge in [-0.1, -0.05) is 42.5 Å². The molecule has 1 atom stereocenters. The maximum atomic E-state index is 12.4. The molecule has 1 aliphatic heterocycles. The van der Waals surface area contributed by atoms with Crippen LogP contribution in [0.3, 0.4) is 0 Å². The van der Waals surface area contributed by atoms with E-state index in [2.05, 4.69) is 10.6 Å². The molecule has 5 heteroatoms. The van der Waals surface area contributed by atoms with Crippen molar-refractivity contribution < 1.29 is 14.3 Å². The maximum Gasteiger partial charge on any atom is 0.253 e. The average Bonchev–Trinajstić information content (AvgIpc) is 3.16. The highest BCUT2D eigenvalue weighted by atomic mass is 16.5. The van der Waals surface area contributed by atoms with Crippen molar-refractivity contribution in [2.24, 2.45) is 0 Å². The molecule has 2 aromatic rings. The van der Waals surface area contributed by atoms with Gasteiger partial charge in [0, 0.05) is 13.2 Å². The number of ether oxygens (including phenoxy) is 1. The Kier molecular flexibility index (Phi) is 5.23. The molecule has 2 aromatic carbocycles. The Morgan fingerprint density at radius 2 is 1.79 bits per heavy atom. The van der Waals surface area contributed by atoms with Crippen molar-refractivity contribution in [3.8, 4) is 0 Å². The zero-order valence-corrected chi connectivity index (χ0v) is 13.3. The highest BCUT2D eigenvalue weighted by Gasteiger charge is 2.24. The van der Waals surface area contributed by atoms with Crippen molar-refractivity contribution in [1.82, 2.24) is 5.32 Å². The van der Waals surface area contributed by atoms with Crippen LogP contribution in [0.2, 0.25) is 0 Å². The van der Waals surface area contributed by atoms with Gasteiger partial charge in [0.05, 0.1) is 11.3 Å². The van der Waals surface area contributed by atoms with Crippen molar-refractivity contribution in [2.75, 3.05) is 11.9 Å². The second kappa shape index (κ2) is 7.75. The molecule has 1 aliphatic rings. The van der Waals surface area contributed by atoms with Crippen molar-refractivity contribution in [3.05, 3.63) is 65.7 Å². The minimum Gasteiger partial charge on any atom is -0.368 e. The van der Waals surface area contributed by atoms with Crippen LogP contribution in [-0.4, -0.2) is 24.5 Å². The summed E-state index contributed by atoms with van der Waals surface area (Å²) in [4.78, 5) is 24.6. The summed E-state index contributed by atoms with van der Waals surface area (Å²) in [6.45, 7) is 1.05. The highest BCUT2D eigenvalue weighted by Crippen LogP contribution is 2.18. The number of carbonyl (C=O) groups excluding carboxylic acids is 2. The number of hydrogen-bond acceptors (Lipinski definition) is 3. The van der Waals surface area contributed by atoms with Crippen molar-refractivity contribution in [2.45, 2.75) is 25.5 Å². The topological polar surface area (TPSA) is 67.4 Å². The van der Waals surface area contributed by atoms with E-state index in [1.807, 2.05) is 30.3 Å². The molecule has 0 aromatic heterocycles. The zero-order chi connectivity index (χ0) is 16.8. The van der Waals surface area contributed by atoms with E-state index in [0.717, 1.165) is 12.0 Å². The molecule has 2 amide bonds. The fourth-order valence-electron chi connectivity index (χ4n) is 2.66. The second-order valence-electron chi connectivity index (χ2n) is 5.70. The number of nitrogens with one attached hydrogen (secondary N) is 2. The number of amides is 2. The summed E-state index contributed by atoms with van der Waals surface area (Å²) >= 11 is 0. The van der Waals surface area contributed by atoms with Crippen molar-refractivity contribution in [1.29, 1.82) is 0 Å². The molecule has 2 N–H and O–H groups in total. The normalized spacial score (nSPS) is 16.6. The lowest BCUT2D eigenvalue weighted by atomic mass is 10.1. The Morgan fingerprint density at radius 3 is 2.54 bits per heavy atom. The SMILES string of the molecule is O=C(NCc1ccccc1)c1ccccc1NC(=O)C1CCCO1. The zero-order valence-electron chi connectivity index (χ0n) is 13.3. The maximum absolute atomic E-state index is 12.4. The lowest BCUT2D eigenvalue weighted by molar-refractivity contribution is -0.124. The van der Waals surface area contributed by atoms with Crippen LogP contribution in [0.4, 0.5) is 5.69 Å². The molecule has 1 fully saturated rings. The van der Waals surface area contributed by atoms with E-state index in [1.54, 1.807) is 24.3 Å². The summed E-state index contributed by atoms with van der Waals surface area (Å²) < 4.78 is 5.38. The van der Waals surface area contributed by atoms with Crippen LogP contribution < -0.4 is 10.6 Å². The second-order valence-corrected chi connectivity index (χ2v) is 5.70. The fraction of sp³-hybridized carbons (Fsp3) is 0.263. The minimum atomic E-state index is -0.426. The number of para-hydroxylation sites is 1. The largest absolute Gasteiger partial charge is 0.368 e. The third kappa shape index (κ3) is 4.00. The van der Waals surface area contributed by atoms with Crippen LogP contribution >= 0.6 is 0 Å². The summed E-state index contributed by atoms with van der Waals surface area (Å²) in [5.41, 5.74) is 1.97. The summed E-state index contributed by atoms with van der Waals surface area (Å²) in [6, 6.07) is 16.7. The lowest BCUT2D eigenvalue weighted by Crippen LogP contribution is -2.29. The van der Waals surface area contributed by atoms with E-state index in [4.69, 9.17) is 4.74 Å². The molecule has 0 bridgehead atoms. The highest BCUT2D eigenvalue weighted by molar-refractivity contribution is 6.04. The molecule has 3 rings (SSSR count). The lowest BCUT2D eigenvalue weighted by Gasteiger charge is -2.14. The van der Waals surface area contributed by atoms with Crippen LogP contribution in [0, 0.1) is 0 Å². The predicted molar refractivity (Wildman–Crippen MR) is 91.7 cm³/mol. The summed E-state index contributed by atoms with van der Waals surface area (Å²) in [6.07, 6.45) is 1.18. The van der Waals surface area contributed by atoms with E-state index in [0.29, 0.717) is 30.8 Å². The van der Waals surface area contributed by atoms with E-state index in [-0.39, 0.29) is 11.8 Å². The van der Waals surface area contributed by atoms with Gasteiger partial charge in [-0.2, -0.15) is 0 Å². The standard InChI is InChI=1S/C19H20N2O3/c22-18(20-13-14-7-2-1-3-8-14)15-9-4-5-10-16(15)21-19(23)17-11-6-12-24-17/h1-5,7-10,17H,6,11-13H2,(H,20,22)(H,21,23). The van der Waals surface area contributed by atoms with Crippen LogP contribution in [0.5, 0.6) is 0 Å². The van der Waals surface area contributed by atoms with Gasteiger partial charge >= 0.3 is 0 Å². The van der Waals surface area contributed by atoms with Gasteiger partial charge in [0.25, 0.3) is 11.8 Å². The van der Waals surface area contributed by atoms with Crippen LogP contribution in [0.1, 0.15) is 28.8 Å². The molecule has 24 heavy (non-hydrogen) atoms. The number of hydrogen-bond donors (Lipinski definition) is 2. The molecule has 124 valence electrons. The number of anilines is 1. The van der Waals surface area contributed by atoms with E-state index in [9.17, 15) is 9.59 Å². The van der Waals surface area contributed by atoms with Gasteiger partial charge in [-0.05, 0) is 30.5 Å². The van der Waals surface area contributed by atoms with Gasteiger partial charge < -0.3 is 15.4 Å². The number of rotatable bonds is 5. The molecule has 1 saturated heterocycles. The molecule has 1 unspecified atom stereocenters. The minimum absolute atomic E-state index is 0.198. The van der Waals surface area contributed by atoms with Crippen LogP contribution in [0.15, 0.2) is 54.6 Å². The predicted octanol–water partition coefficient (Wildman–Crippen LogP) is 2.73. The Morgan fingerprint density at radius 1 is 1.04 bits per heavy atom. The Bertz CT molecular complexity index is 710. The molecule has 0 saturated carbocycles. The van der Waals surface area contributed by atoms with Gasteiger partial charge in [-0.3, -0.25) is 9.59 Å². The van der Waals surface area contributed by atoms with Crippen molar-refractivity contribution in [3.63, 3.8) is 0 Å². The summed E-state index contributed by atoms with van der Waals surface area (Å²) in [5.74, 6) is -0.419. The smallest absolute Gasteiger partial charge is 0.253 e. The first-order valence-corrected chi connectivity index (χ1v) is 8.07. The molecule has 5 nitrogen and oxygen atoms in total. The Balaban J connectivity index is 1.66. The Labute approximate surface area is 141 Å². The van der Waals surface area contributed by atoms with Crippen LogP contribution in [0.25, 0.3) is 0 Å². The molecular weight excluding hydrogens is 304 g/mol. The monoisotopic (exact) mass is 324 g/mol. The first kappa shape index (κ1) is 16.2. The first-order valence-electron chi connectivity index (χ1n) is 8.07. The van der Waals surface area contributed by atoms with Gasteiger partial charge in [0.15, 0.2) is 0 Å². The fourth-order valence-corrected chi connectivity index (χ4v) is 2.66. The van der Waals surface area contributed by atoms with Gasteiger partial charge in [0.1, 0.15) is 6.10 Å². The van der Waals surface area contributed by atoms with Gasteiger partial charge in [-0.15, -0.1) is 0 Å². The Hall–Kier alpha value is -2.66. The number of carbonyl (C=O) groups is 2. The number of benzene rings is 2. The summed E-state index contributed by atoms with van der Waals surface area (Å²) in [7, 11) is 0.